The molecule has 12 rings (SSSR count). The Balaban J connectivity index is 0.000000243. The third-order valence-corrected chi connectivity index (χ3v) is 54.0. The number of rotatable bonds is 24. The number of phenols is 2. The van der Waals surface area contributed by atoms with Crippen molar-refractivity contribution in [1.82, 2.24) is 0 Å². The van der Waals surface area contributed by atoms with Crippen LogP contribution in [-0.2, 0) is 46.5 Å². The van der Waals surface area contributed by atoms with Gasteiger partial charge >= 0.3 is 622 Å². The van der Waals surface area contributed by atoms with Gasteiger partial charge in [0.1, 0.15) is 5.75 Å². The van der Waals surface area contributed by atoms with Gasteiger partial charge in [-0.05, 0) is 81.0 Å². The summed E-state index contributed by atoms with van der Waals surface area (Å²) in [5.74, 6) is -7.11. The Hall–Kier alpha value is -7.77. The van der Waals surface area contributed by atoms with Crippen LogP contribution < -0.4 is 29.1 Å². The smallest absolute Gasteiger partial charge is 0.465 e. The normalized spacial score (nSPS) is 15.1. The van der Waals surface area contributed by atoms with Crippen molar-refractivity contribution in [2.75, 3.05) is 28.4 Å². The fourth-order valence-electron chi connectivity index (χ4n) is 17.1. The van der Waals surface area contributed by atoms with Crippen LogP contribution in [0.3, 0.4) is 0 Å². The van der Waals surface area contributed by atoms with Gasteiger partial charge in [0.15, 0.2) is 6.29 Å². The van der Waals surface area contributed by atoms with Crippen molar-refractivity contribution in [2.45, 2.75) is 317 Å². The van der Waals surface area contributed by atoms with E-state index in [1.165, 1.54) is 11.1 Å². The minimum absolute atomic E-state index is 0.0158. The topological polar surface area (TPSA) is 114 Å². The van der Waals surface area contributed by atoms with Crippen molar-refractivity contribution in [3.8, 4) is 95.9 Å². The van der Waals surface area contributed by atoms with E-state index in [0.717, 1.165) is 147 Å². The van der Waals surface area contributed by atoms with E-state index in [2.05, 4.69) is 313 Å². The summed E-state index contributed by atoms with van der Waals surface area (Å²) in [4.78, 5) is 0. The van der Waals surface area contributed by atoms with E-state index in [-0.39, 0.29) is 114 Å². The molecule has 0 aliphatic carbocycles. The molecule has 2 saturated heterocycles. The maximum Gasteiger partial charge on any atom is 0.498 e. The summed E-state index contributed by atoms with van der Waals surface area (Å²) in [5.41, 5.74) is 15.9. The van der Waals surface area contributed by atoms with E-state index in [4.69, 9.17) is 37.7 Å². The molecule has 137 heavy (non-hydrogen) atoms. The molecule has 2 aliphatic heterocycles. The van der Waals surface area contributed by atoms with Crippen LogP contribution in [0.25, 0.3) is 55.6 Å². The second-order valence-electron chi connectivity index (χ2n) is 46.2. The third-order valence-electron chi connectivity index (χ3n) is 27.8. The number of aromatic hydroxyl groups is 2. The zero-order valence-corrected chi connectivity index (χ0v) is 94.2. The molecule has 2 N–H and O–H groups in total. The van der Waals surface area contributed by atoms with Gasteiger partial charge in [0.05, 0.1) is 17.8 Å². The van der Waals surface area contributed by atoms with Crippen molar-refractivity contribution in [1.29, 1.82) is 0 Å². The third kappa shape index (κ3) is 26.2. The van der Waals surface area contributed by atoms with Gasteiger partial charge in [0.2, 0.25) is 0 Å². The molecule has 0 saturated carbocycles. The average molecular weight is 2140 g/mol. The average Bonchev–Trinajstić information content (AvgIpc) is 1.52. The Kier molecular flexibility index (Phi) is 34.7. The van der Waals surface area contributed by atoms with E-state index in [1.807, 2.05) is 26.0 Å². The summed E-state index contributed by atoms with van der Waals surface area (Å²) in [6.07, 6.45) is 2.79. The molecule has 2 fully saturated rings. The molecule has 0 radical (unpaired) electrons. The largest absolute Gasteiger partial charge is 0.498 e. The SMILES string of the molecule is C[CH](C)[Ge]([CH2]Oc1cc(F)c(F)cc1Br)([CH2]Oc1cc(F)c(F)cc1Br)[CH](C)C.Cc1cc(-c2cc(C(C)(C)C)cc(C(C)(C)C)c2)c(O)c(-c2cc(F)c(F)cc2O[CH2][Ge]([CH2]Oc2cc(F)c(F)cc2-c2cc(C)cc(-c3cc(C(C)(C)C)cc(C(C)(C)C)c3)c2O)([CH](C)C)[CH](C)C)c1.Cc1cc(B2OC(C)(C)C(C)(C)O2)c(OC2CCCCO2)c(-c2cc(C(C)(C)C)cc(C(C)(C)C)c2)c1. The molecule has 23 heteroatoms. The van der Waals surface area contributed by atoms with Gasteiger partial charge in [0, 0.05) is 17.4 Å². The molecular weight excluding hydrogens is 2000 g/mol. The first-order valence-electron chi connectivity index (χ1n) is 47.8. The molecule has 1 unspecified atom stereocenters. The predicted octanol–water partition coefficient (Wildman–Crippen LogP) is 33.0. The number of benzene rings is 10. The summed E-state index contributed by atoms with van der Waals surface area (Å²) in [6, 6.07) is 39.7. The molecule has 10 aromatic rings. The zero-order chi connectivity index (χ0) is 102. The van der Waals surface area contributed by atoms with Crippen molar-refractivity contribution in [3.05, 3.63) is 245 Å². The monoisotopic (exact) mass is 2140 g/mol. The maximum atomic E-state index is 15.5. The first kappa shape index (κ1) is 111. The molecule has 2 aliphatic rings. The second-order valence-corrected chi connectivity index (χ2v) is 70.4. The van der Waals surface area contributed by atoms with Gasteiger partial charge in [-0.15, -0.1) is 0 Å². The fraction of sp³-hybridized carbons (Fsp3) is 0.474. The fourth-order valence-corrected chi connectivity index (χ4v) is 33.1. The Morgan fingerprint density at radius 2 is 0.613 bits per heavy atom. The van der Waals surface area contributed by atoms with Crippen LogP contribution in [0.5, 0.6) is 40.2 Å². The van der Waals surface area contributed by atoms with E-state index >= 15 is 17.6 Å². The number of ether oxygens (including phenoxy) is 6. The Morgan fingerprint density at radius 1 is 0.350 bits per heavy atom. The van der Waals surface area contributed by atoms with Gasteiger partial charge < -0.3 is 18.8 Å². The molecule has 1 atom stereocenters. The summed E-state index contributed by atoms with van der Waals surface area (Å²) in [7, 11) is -0.518. The van der Waals surface area contributed by atoms with E-state index in [9.17, 15) is 27.8 Å². The van der Waals surface area contributed by atoms with Crippen molar-refractivity contribution >= 4 is 71.0 Å². The molecule has 10 aromatic carbocycles. The van der Waals surface area contributed by atoms with Crippen LogP contribution in [0.2, 0.25) is 19.0 Å². The van der Waals surface area contributed by atoms with Crippen LogP contribution in [0, 0.1) is 67.3 Å². The van der Waals surface area contributed by atoms with Crippen LogP contribution >= 0.6 is 31.9 Å². The number of aryl methyl sites for hydroxylation is 3. The standard InChI is InChI=1S/C62H76F4GeO4.C32H47BO4.C20H22Br2F4GeO2/c1-35(2)67(36(3)4,33-70-55-31-53(65)51(63)29-47(55)49-21-37(5)19-45(57(49)68)39-23-41(59(7,8)9)27-42(24-39)60(10,11)12)34-71-56-32-54(66)52(64)30-48(56)50-22-38(6)20-46(58(50)69)40-25-43(61(13,14)15)28-44(26-40)62(16,17)18;1-21-16-25(22-18-23(29(2,3)4)20-24(19-22)30(5,6)7)28(35-27-14-12-13-15-34-27)26(17-21)33-36-31(8,9)32(10,11)37-33;1-11(2)27(12(3)4,9-28-19-7-17(25)15(23)5-13(19)21)10-29-20-8-18(26)16(24)6-14(20)22/h19-32,35-36,68-69H,33-34H2,1-18H3;16-20,27H,12-15H2,1-11H3;5-8,11-12H,9-10H2,1-4H3. The second kappa shape index (κ2) is 42.8. The quantitative estimate of drug-likeness (QED) is 0.0344. The Labute approximate surface area is 833 Å². The Bertz CT molecular complexity index is 5640. The van der Waals surface area contributed by atoms with Gasteiger partial charge in [-0.1, -0.05) is 71.4 Å². The van der Waals surface area contributed by atoms with Gasteiger partial charge in [-0.3, -0.25) is 0 Å². The van der Waals surface area contributed by atoms with E-state index in [1.54, 1.807) is 12.1 Å². The number of halogens is 10. The van der Waals surface area contributed by atoms with E-state index in [0.29, 0.717) is 42.1 Å². The predicted molar refractivity (Wildman–Crippen MR) is 558 cm³/mol. The van der Waals surface area contributed by atoms with Crippen molar-refractivity contribution in [2.24, 2.45) is 0 Å². The molecule has 2 heterocycles. The van der Waals surface area contributed by atoms with Crippen molar-refractivity contribution in [3.63, 3.8) is 0 Å². The number of hydrogen-bond donors (Lipinski definition) is 2. The number of hydrogen-bond acceptors (Lipinski definition) is 10. The van der Waals surface area contributed by atoms with Crippen LogP contribution in [0.15, 0.2) is 148 Å². The molecular formula is C114H145BBr2F8Ge2O10. The summed E-state index contributed by atoms with van der Waals surface area (Å²) < 4.78 is 168. The minimum Gasteiger partial charge on any atom is -0.465 e. The summed E-state index contributed by atoms with van der Waals surface area (Å²) in [5, 5.41) is 24.4. The summed E-state index contributed by atoms with van der Waals surface area (Å²) >= 11 is -0.189. The molecule has 0 amide bonds. The van der Waals surface area contributed by atoms with Gasteiger partial charge in [-0.25, -0.2) is 0 Å². The first-order chi connectivity index (χ1) is 63.1. The van der Waals surface area contributed by atoms with Crippen LogP contribution in [-0.4, -0.2) is 89.7 Å². The van der Waals surface area contributed by atoms with Gasteiger partial charge in [0.25, 0.3) is 0 Å². The van der Waals surface area contributed by atoms with Crippen LogP contribution in [0.1, 0.15) is 277 Å². The molecule has 0 aromatic heterocycles. The minimum atomic E-state index is -3.61. The molecule has 0 spiro atoms. The Morgan fingerprint density at radius 3 is 0.905 bits per heavy atom. The van der Waals surface area contributed by atoms with E-state index < -0.39 is 91.4 Å². The van der Waals surface area contributed by atoms with Gasteiger partial charge in [-0.2, -0.15) is 0 Å². The molecule has 0 bridgehead atoms. The number of phenolic OH excluding ortho intramolecular Hbond substituents is 2. The van der Waals surface area contributed by atoms with Crippen LogP contribution in [0.4, 0.5) is 35.1 Å². The summed E-state index contributed by atoms with van der Waals surface area (Å²) in [6.45, 7) is 71.1. The first-order valence-corrected chi connectivity index (χ1v) is 60.2. The van der Waals surface area contributed by atoms with Crippen molar-refractivity contribution < 1.29 is 83.1 Å². The zero-order valence-electron chi connectivity index (χ0n) is 86.8. The molecule has 742 valence electrons. The maximum absolute atomic E-state index is 15.5. The molecule has 10 nitrogen and oxygen atoms in total.